The fourth-order valence-corrected chi connectivity index (χ4v) is 10.4. The van der Waals surface area contributed by atoms with Crippen molar-refractivity contribution in [1.29, 1.82) is 0 Å². The zero-order valence-corrected chi connectivity index (χ0v) is 43.8. The quantitative estimate of drug-likeness (QED) is 0.128. The molecule has 2 aliphatic rings. The van der Waals surface area contributed by atoms with Gasteiger partial charge in [-0.2, -0.15) is 0 Å². The van der Waals surface area contributed by atoms with Crippen LogP contribution in [0.5, 0.6) is 11.5 Å². The van der Waals surface area contributed by atoms with Gasteiger partial charge in [-0.25, -0.2) is 0 Å². The van der Waals surface area contributed by atoms with Crippen molar-refractivity contribution in [1.82, 2.24) is 0 Å². The van der Waals surface area contributed by atoms with Gasteiger partial charge in [-0.15, -0.1) is 12.8 Å². The summed E-state index contributed by atoms with van der Waals surface area (Å²) in [4.78, 5) is 30.3. The van der Waals surface area contributed by atoms with E-state index in [0.717, 1.165) is 100 Å². The Kier molecular flexibility index (Phi) is 14.1. The minimum atomic E-state index is -0.0837. The Morgan fingerprint density at radius 2 is 0.432 bits per heavy atom. The van der Waals surface area contributed by atoms with Crippen LogP contribution in [0.1, 0.15) is 77.9 Å². The van der Waals surface area contributed by atoms with Gasteiger partial charge in [0.1, 0.15) is 11.5 Å². The summed E-state index contributed by atoms with van der Waals surface area (Å²) in [5, 5.41) is 0. The Bertz CT molecular complexity index is 4120. The lowest BCUT2D eigenvalue weighted by Crippen LogP contribution is -2.02. The second-order valence-corrected chi connectivity index (χ2v) is 19.4. The van der Waals surface area contributed by atoms with Gasteiger partial charge in [0, 0.05) is 78.0 Å². The highest BCUT2D eigenvalue weighted by atomic mass is 16.5. The van der Waals surface area contributed by atoms with E-state index in [1.807, 2.05) is 267 Å². The molecule has 2 aliphatic carbocycles. The maximum absolute atomic E-state index is 15.2. The first kappa shape index (κ1) is 50.4. The molecule has 0 N–H and O–H groups in total. The second-order valence-electron chi connectivity index (χ2n) is 19.4. The van der Waals surface area contributed by atoms with Crippen molar-refractivity contribution >= 4 is 56.2 Å². The van der Waals surface area contributed by atoms with Gasteiger partial charge in [-0.1, -0.05) is 205 Å². The van der Waals surface area contributed by atoms with Gasteiger partial charge in [0.15, 0.2) is 11.6 Å². The van der Waals surface area contributed by atoms with Crippen LogP contribution in [0.4, 0.5) is 0 Å². The molecule has 0 aromatic heterocycles. The number of hydrogen-bond donors (Lipinski definition) is 0. The lowest BCUT2D eigenvalue weighted by Gasteiger charge is -2.15. The number of benzene rings is 10. The number of ether oxygens (including phenoxy) is 1. The summed E-state index contributed by atoms with van der Waals surface area (Å²) in [7, 11) is 0. The Hall–Kier alpha value is -11.5. The van der Waals surface area contributed by atoms with Crippen molar-refractivity contribution in [2.75, 3.05) is 0 Å². The highest BCUT2D eigenvalue weighted by molar-refractivity contribution is 6.60. The first-order chi connectivity index (χ1) is 39.9. The number of Topliss-reactive ketones (excluding diaryl/α,β-unsaturated/α-hetero) is 2. The molecule has 0 saturated carbocycles. The predicted molar refractivity (Wildman–Crippen MR) is 330 cm³/mol. The van der Waals surface area contributed by atoms with E-state index >= 15 is 9.59 Å². The molecule has 0 bridgehead atoms. The highest BCUT2D eigenvalue weighted by Gasteiger charge is 2.37. The first-order valence-corrected chi connectivity index (χ1v) is 26.5. The average molecular weight is 1030 g/mol. The van der Waals surface area contributed by atoms with Crippen molar-refractivity contribution in [3.05, 3.63) is 345 Å². The third kappa shape index (κ3) is 10.4. The molecule has 0 spiro atoms. The molecule has 376 valence electrons. The van der Waals surface area contributed by atoms with Crippen LogP contribution in [-0.4, -0.2) is 11.6 Å². The van der Waals surface area contributed by atoms with E-state index in [1.54, 1.807) is 0 Å². The Morgan fingerprint density at radius 3 is 0.704 bits per heavy atom. The molecule has 10 aromatic carbocycles. The van der Waals surface area contributed by atoms with Crippen molar-refractivity contribution in [2.24, 2.45) is 0 Å². The van der Waals surface area contributed by atoms with E-state index in [9.17, 15) is 0 Å². The van der Waals surface area contributed by atoms with E-state index in [1.165, 1.54) is 0 Å². The zero-order chi connectivity index (χ0) is 55.1. The third-order valence-corrected chi connectivity index (χ3v) is 14.3. The molecule has 0 unspecified atom stereocenters. The number of ketones is 2. The summed E-state index contributed by atoms with van der Waals surface area (Å²) in [5.74, 6) is 19.6. The lowest BCUT2D eigenvalue weighted by atomic mass is 9.88. The van der Waals surface area contributed by atoms with Gasteiger partial charge in [0.05, 0.1) is 0 Å². The smallest absolute Gasteiger partial charge is 0.195 e. The van der Waals surface area contributed by atoms with Crippen molar-refractivity contribution in [3.63, 3.8) is 0 Å². The molecule has 0 fully saturated rings. The molecular formula is C78H46O3. The van der Waals surface area contributed by atoms with Crippen molar-refractivity contribution in [3.8, 4) is 59.9 Å². The molecule has 0 aliphatic heterocycles. The van der Waals surface area contributed by atoms with Gasteiger partial charge in [0.25, 0.3) is 0 Å². The Labute approximate surface area is 472 Å². The maximum Gasteiger partial charge on any atom is 0.195 e. The van der Waals surface area contributed by atoms with Crippen LogP contribution in [-0.2, 0) is 9.59 Å². The third-order valence-electron chi connectivity index (χ3n) is 14.3. The summed E-state index contributed by atoms with van der Waals surface area (Å²) in [6, 6.07) is 86.5. The van der Waals surface area contributed by atoms with Crippen LogP contribution in [0.15, 0.2) is 267 Å². The standard InChI is InChI=1S/C78H46O3/c1-3-53-29-37-65(38-30-53)75-69(61-41-33-57(34-42-61)27-25-55-17-9-5-10-18-55)71(73(77(75)79)59-21-13-7-14-22-59)63-45-49-67(50-46-63)81-68-51-47-64(48-52-68)72-70(62-43-35-58(36-44-62)28-26-56-19-11-6-12-20-56)76(66-39-31-54(4-2)32-40-66)78(80)74(72)60-23-15-8-16-24-60/h1-2,5-24,29-52H. The first-order valence-electron chi connectivity index (χ1n) is 26.5. The van der Waals surface area contributed by atoms with Crippen molar-refractivity contribution < 1.29 is 14.3 Å². The minimum absolute atomic E-state index is 0.0837. The topological polar surface area (TPSA) is 43.4 Å². The molecule has 3 nitrogen and oxygen atoms in total. The number of carbonyl (C=O) groups excluding carboxylic acids is 2. The fourth-order valence-electron chi connectivity index (χ4n) is 10.4. The average Bonchev–Trinajstić information content (AvgIpc) is 4.15. The van der Waals surface area contributed by atoms with Gasteiger partial charge >= 0.3 is 0 Å². The summed E-state index contributed by atoms with van der Waals surface area (Å²) < 4.78 is 6.61. The lowest BCUT2D eigenvalue weighted by molar-refractivity contribution is -0.109. The number of carbonyl (C=O) groups is 2. The van der Waals surface area contributed by atoms with Gasteiger partial charge in [-0.05, 0) is 142 Å². The van der Waals surface area contributed by atoms with Gasteiger partial charge in [0.2, 0.25) is 0 Å². The maximum atomic E-state index is 15.2. The predicted octanol–water partition coefficient (Wildman–Crippen LogP) is 16.5. The number of allylic oxidation sites excluding steroid dienone is 8. The molecule has 3 heteroatoms. The molecule has 10 aromatic rings. The molecule has 81 heavy (non-hydrogen) atoms. The summed E-state index contributed by atoms with van der Waals surface area (Å²) in [6.45, 7) is 0. The summed E-state index contributed by atoms with van der Waals surface area (Å²) in [5.41, 5.74) is 17.2. The zero-order valence-electron chi connectivity index (χ0n) is 43.8. The Balaban J connectivity index is 0.912. The highest BCUT2D eigenvalue weighted by Crippen LogP contribution is 2.52. The molecule has 0 amide bonds. The summed E-state index contributed by atoms with van der Waals surface area (Å²) >= 11 is 0. The second kappa shape index (κ2) is 22.6. The number of rotatable bonds is 10. The van der Waals surface area contributed by atoms with Crippen LogP contribution >= 0.6 is 0 Å². The molecule has 0 radical (unpaired) electrons. The normalized spacial score (nSPS) is 12.8. The van der Waals surface area contributed by atoms with Crippen LogP contribution in [0, 0.1) is 48.4 Å². The van der Waals surface area contributed by atoms with E-state index in [2.05, 4.69) is 35.5 Å². The molecule has 0 saturated heterocycles. The van der Waals surface area contributed by atoms with Gasteiger partial charge < -0.3 is 4.74 Å². The number of terminal acetylenes is 2. The number of hydrogen-bond acceptors (Lipinski definition) is 3. The summed E-state index contributed by atoms with van der Waals surface area (Å²) in [6.07, 6.45) is 11.6. The minimum Gasteiger partial charge on any atom is -0.457 e. The molecule has 12 rings (SSSR count). The largest absolute Gasteiger partial charge is 0.457 e. The van der Waals surface area contributed by atoms with Crippen LogP contribution < -0.4 is 4.74 Å². The molecular weight excluding hydrogens is 985 g/mol. The van der Waals surface area contributed by atoms with E-state index in [-0.39, 0.29) is 11.6 Å². The van der Waals surface area contributed by atoms with Gasteiger partial charge in [-0.3, -0.25) is 9.59 Å². The van der Waals surface area contributed by atoms with E-state index in [4.69, 9.17) is 17.6 Å². The SMILES string of the molecule is C#Cc1ccc(C2=C(c3ccc(C#Cc4ccccc4)cc3)C(c3ccc(Oc4ccc(C5=C(c6ccccc6)C(=O)C(c6ccc(C#C)cc6)=C5c5ccc(C#Cc6ccccc6)cc5)cc4)cc3)=C(c3ccccc3)C2=O)cc1. The fraction of sp³-hybridized carbons (Fsp3) is 0. The Morgan fingerprint density at radius 1 is 0.222 bits per heavy atom. The molecule has 0 atom stereocenters. The van der Waals surface area contributed by atoms with Crippen LogP contribution in [0.2, 0.25) is 0 Å². The van der Waals surface area contributed by atoms with E-state index < -0.39 is 0 Å². The molecule has 0 heterocycles. The van der Waals surface area contributed by atoms with Crippen molar-refractivity contribution in [2.45, 2.75) is 0 Å². The van der Waals surface area contributed by atoms with Crippen LogP contribution in [0.25, 0.3) is 44.6 Å². The van der Waals surface area contributed by atoms with Crippen LogP contribution in [0.3, 0.4) is 0 Å². The van der Waals surface area contributed by atoms with E-state index in [0.29, 0.717) is 33.8 Å². The monoisotopic (exact) mass is 1030 g/mol.